The molecule has 2 heterocycles. The van der Waals surface area contributed by atoms with Crippen LogP contribution >= 0.6 is 0 Å². The molecule has 1 saturated heterocycles. The van der Waals surface area contributed by atoms with Gasteiger partial charge in [0.05, 0.1) is 0 Å². The molecule has 2 aliphatic heterocycles. The Hall–Kier alpha value is -2.73. The first-order valence-corrected chi connectivity index (χ1v) is 10.4. The van der Waals surface area contributed by atoms with E-state index in [0.29, 0.717) is 19.8 Å². The summed E-state index contributed by atoms with van der Waals surface area (Å²) in [6, 6.07) is 14.4. The summed E-state index contributed by atoms with van der Waals surface area (Å²) in [5.74, 6) is 1.88. The quantitative estimate of drug-likeness (QED) is 0.781. The van der Waals surface area contributed by atoms with E-state index in [2.05, 4.69) is 47.5 Å². The summed E-state index contributed by atoms with van der Waals surface area (Å²) < 4.78 is 10.8. The van der Waals surface area contributed by atoms with Crippen molar-refractivity contribution in [2.75, 3.05) is 44.8 Å². The normalized spacial score (nSPS) is 16.1. The van der Waals surface area contributed by atoms with E-state index in [-0.39, 0.29) is 5.91 Å². The van der Waals surface area contributed by atoms with Crippen molar-refractivity contribution in [1.29, 1.82) is 0 Å². The van der Waals surface area contributed by atoms with Gasteiger partial charge in [0.1, 0.15) is 0 Å². The fraction of sp³-hybridized carbons (Fsp3) is 0.435. The zero-order valence-corrected chi connectivity index (χ0v) is 17.0. The lowest BCUT2D eigenvalue weighted by Crippen LogP contribution is -2.48. The van der Waals surface area contributed by atoms with Crippen LogP contribution in [0.15, 0.2) is 42.5 Å². The molecule has 1 N–H and O–H groups in total. The molecule has 29 heavy (non-hydrogen) atoms. The second kappa shape index (κ2) is 9.18. The maximum Gasteiger partial charge on any atom is 0.231 e. The number of para-hydroxylation sites is 1. The number of benzene rings is 2. The van der Waals surface area contributed by atoms with Crippen molar-refractivity contribution >= 4 is 11.6 Å². The molecule has 0 radical (unpaired) electrons. The van der Waals surface area contributed by atoms with E-state index in [1.54, 1.807) is 0 Å². The molecular formula is C23H29N3O3. The number of hydrogen-bond acceptors (Lipinski definition) is 5. The van der Waals surface area contributed by atoms with Crippen molar-refractivity contribution in [2.24, 2.45) is 0 Å². The van der Waals surface area contributed by atoms with Crippen molar-refractivity contribution in [2.45, 2.75) is 26.3 Å². The molecule has 0 unspecified atom stereocenters. The lowest BCUT2D eigenvalue weighted by molar-refractivity contribution is -0.132. The average molecular weight is 396 g/mol. The number of amides is 1. The van der Waals surface area contributed by atoms with Crippen molar-refractivity contribution in [3.8, 4) is 11.5 Å². The number of piperazine rings is 1. The summed E-state index contributed by atoms with van der Waals surface area (Å²) in [5, 5.41) is 3.42. The molecule has 0 spiro atoms. The minimum absolute atomic E-state index is 0.231. The Morgan fingerprint density at radius 1 is 1.03 bits per heavy atom. The first-order chi connectivity index (χ1) is 14.2. The van der Waals surface area contributed by atoms with Crippen molar-refractivity contribution < 1.29 is 14.3 Å². The SMILES string of the molecule is CCc1ccccc1NCCC(=O)N1CCN(Cc2ccc3c(c2)OCO3)CC1. The second-order valence-corrected chi connectivity index (χ2v) is 7.53. The lowest BCUT2D eigenvalue weighted by atomic mass is 10.1. The number of nitrogens with one attached hydrogen (secondary N) is 1. The zero-order chi connectivity index (χ0) is 20.1. The van der Waals surface area contributed by atoms with Crippen LogP contribution < -0.4 is 14.8 Å². The van der Waals surface area contributed by atoms with Gasteiger partial charge in [0, 0.05) is 51.4 Å². The fourth-order valence-electron chi connectivity index (χ4n) is 3.92. The highest BCUT2D eigenvalue weighted by Crippen LogP contribution is 2.32. The molecule has 2 aliphatic rings. The van der Waals surface area contributed by atoms with Gasteiger partial charge in [0.25, 0.3) is 0 Å². The Morgan fingerprint density at radius 3 is 2.66 bits per heavy atom. The lowest BCUT2D eigenvalue weighted by Gasteiger charge is -2.35. The maximum absolute atomic E-state index is 12.6. The first kappa shape index (κ1) is 19.6. The van der Waals surface area contributed by atoms with E-state index in [0.717, 1.165) is 56.3 Å². The van der Waals surface area contributed by atoms with Gasteiger partial charge in [-0.05, 0) is 35.7 Å². The average Bonchev–Trinajstić information content (AvgIpc) is 3.22. The van der Waals surface area contributed by atoms with Gasteiger partial charge in [-0.15, -0.1) is 0 Å². The topological polar surface area (TPSA) is 54.0 Å². The van der Waals surface area contributed by atoms with Crippen LogP contribution in [0.25, 0.3) is 0 Å². The molecule has 0 aliphatic carbocycles. The highest BCUT2D eigenvalue weighted by Gasteiger charge is 2.21. The summed E-state index contributed by atoms with van der Waals surface area (Å²) in [4.78, 5) is 16.9. The molecule has 0 atom stereocenters. The van der Waals surface area contributed by atoms with Crippen LogP contribution in [0.3, 0.4) is 0 Å². The van der Waals surface area contributed by atoms with Crippen LogP contribution in [0.4, 0.5) is 5.69 Å². The summed E-state index contributed by atoms with van der Waals surface area (Å²) in [6.07, 6.45) is 1.52. The third kappa shape index (κ3) is 4.82. The minimum Gasteiger partial charge on any atom is -0.454 e. The van der Waals surface area contributed by atoms with E-state index in [1.165, 1.54) is 11.1 Å². The van der Waals surface area contributed by atoms with Crippen LogP contribution in [-0.2, 0) is 17.8 Å². The Bertz CT molecular complexity index is 847. The molecule has 1 fully saturated rings. The van der Waals surface area contributed by atoms with Crippen LogP contribution in [0.1, 0.15) is 24.5 Å². The zero-order valence-electron chi connectivity index (χ0n) is 17.0. The number of fused-ring (bicyclic) bond motifs is 1. The number of carbonyl (C=O) groups is 1. The van der Waals surface area contributed by atoms with E-state index in [9.17, 15) is 4.79 Å². The van der Waals surface area contributed by atoms with Gasteiger partial charge >= 0.3 is 0 Å². The third-order valence-corrected chi connectivity index (χ3v) is 5.62. The number of ether oxygens (including phenoxy) is 2. The highest BCUT2D eigenvalue weighted by molar-refractivity contribution is 5.77. The van der Waals surface area contributed by atoms with E-state index in [4.69, 9.17) is 9.47 Å². The first-order valence-electron chi connectivity index (χ1n) is 10.4. The number of carbonyl (C=O) groups excluding carboxylic acids is 1. The predicted molar refractivity (Wildman–Crippen MR) is 113 cm³/mol. The smallest absolute Gasteiger partial charge is 0.231 e. The van der Waals surface area contributed by atoms with Gasteiger partial charge in [0.2, 0.25) is 12.7 Å². The molecule has 2 aromatic rings. The van der Waals surface area contributed by atoms with Crippen LogP contribution in [0.2, 0.25) is 0 Å². The molecule has 6 nitrogen and oxygen atoms in total. The standard InChI is InChI=1S/C23H29N3O3/c1-2-19-5-3-4-6-20(19)24-10-9-23(27)26-13-11-25(12-14-26)16-18-7-8-21-22(15-18)29-17-28-21/h3-8,15,24H,2,9-14,16-17H2,1H3. The Balaban J connectivity index is 1.20. The predicted octanol–water partition coefficient (Wildman–Crippen LogP) is 3.12. The highest BCUT2D eigenvalue weighted by atomic mass is 16.7. The van der Waals surface area contributed by atoms with E-state index >= 15 is 0 Å². The van der Waals surface area contributed by atoms with Crippen LogP contribution in [0.5, 0.6) is 11.5 Å². The molecule has 0 bridgehead atoms. The molecule has 1 amide bonds. The van der Waals surface area contributed by atoms with Gasteiger partial charge in [-0.3, -0.25) is 9.69 Å². The van der Waals surface area contributed by atoms with Gasteiger partial charge < -0.3 is 19.7 Å². The van der Waals surface area contributed by atoms with Gasteiger partial charge in [0.15, 0.2) is 11.5 Å². The van der Waals surface area contributed by atoms with Gasteiger partial charge in [-0.2, -0.15) is 0 Å². The van der Waals surface area contributed by atoms with E-state index < -0.39 is 0 Å². The van der Waals surface area contributed by atoms with Crippen LogP contribution in [-0.4, -0.2) is 55.2 Å². The van der Waals surface area contributed by atoms with Crippen LogP contribution in [0, 0.1) is 0 Å². The van der Waals surface area contributed by atoms with Crippen molar-refractivity contribution in [3.05, 3.63) is 53.6 Å². The summed E-state index contributed by atoms with van der Waals surface area (Å²) in [6.45, 7) is 7.36. The molecule has 0 aromatic heterocycles. The molecule has 4 rings (SSSR count). The Kier molecular flexibility index (Phi) is 6.20. The summed E-state index contributed by atoms with van der Waals surface area (Å²) in [5.41, 5.74) is 3.64. The number of anilines is 1. The van der Waals surface area contributed by atoms with Crippen molar-refractivity contribution in [3.63, 3.8) is 0 Å². The largest absolute Gasteiger partial charge is 0.454 e. The number of aryl methyl sites for hydroxylation is 1. The molecular weight excluding hydrogens is 366 g/mol. The molecule has 154 valence electrons. The molecule has 6 heteroatoms. The third-order valence-electron chi connectivity index (χ3n) is 5.62. The number of hydrogen-bond donors (Lipinski definition) is 1. The van der Waals surface area contributed by atoms with Crippen molar-refractivity contribution in [1.82, 2.24) is 9.80 Å². The number of nitrogens with zero attached hydrogens (tertiary/aromatic N) is 2. The van der Waals surface area contributed by atoms with Gasteiger partial charge in [-0.1, -0.05) is 31.2 Å². The molecule has 0 saturated carbocycles. The second-order valence-electron chi connectivity index (χ2n) is 7.53. The minimum atomic E-state index is 0.231. The summed E-state index contributed by atoms with van der Waals surface area (Å²) in [7, 11) is 0. The maximum atomic E-state index is 12.6. The fourth-order valence-corrected chi connectivity index (χ4v) is 3.92. The molecule has 2 aromatic carbocycles. The van der Waals surface area contributed by atoms with E-state index in [1.807, 2.05) is 17.0 Å². The summed E-state index contributed by atoms with van der Waals surface area (Å²) >= 11 is 0. The number of rotatable bonds is 7. The monoisotopic (exact) mass is 395 g/mol. The Labute approximate surface area is 172 Å². The Morgan fingerprint density at radius 2 is 1.83 bits per heavy atom. The van der Waals surface area contributed by atoms with Gasteiger partial charge in [-0.25, -0.2) is 0 Å².